The number of nitrogens with two attached hydrogens (primary N) is 1. The topological polar surface area (TPSA) is 80.1 Å². The summed E-state index contributed by atoms with van der Waals surface area (Å²) in [6.07, 6.45) is 0.755. The first-order valence-electron chi connectivity index (χ1n) is 5.92. The van der Waals surface area contributed by atoms with Crippen LogP contribution in [0.4, 0.5) is 0 Å². The van der Waals surface area contributed by atoms with Gasteiger partial charge in [-0.25, -0.2) is 0 Å². The van der Waals surface area contributed by atoms with Gasteiger partial charge in [-0.15, -0.1) is 0 Å². The highest BCUT2D eigenvalue weighted by molar-refractivity contribution is 6.02. The van der Waals surface area contributed by atoms with E-state index in [0.717, 1.165) is 28.6 Å². The van der Waals surface area contributed by atoms with Gasteiger partial charge in [-0.05, 0) is 30.2 Å². The van der Waals surface area contributed by atoms with Crippen molar-refractivity contribution in [3.8, 4) is 5.75 Å². The molecule has 2 heterocycles. The van der Waals surface area contributed by atoms with Gasteiger partial charge in [-0.1, -0.05) is 0 Å². The number of amides is 1. The molecule has 0 saturated carbocycles. The standard InChI is InChI=1S/C13H15N3O2/c1-18-8-2-3-11-9(5-8)10-4-7(6-14)15-13(17)12(10)16-11/h2-3,5,7,16H,4,6,14H2,1H3,(H,15,17). The van der Waals surface area contributed by atoms with E-state index < -0.39 is 0 Å². The lowest BCUT2D eigenvalue weighted by Crippen LogP contribution is -2.45. The van der Waals surface area contributed by atoms with Crippen molar-refractivity contribution in [2.75, 3.05) is 13.7 Å². The highest BCUT2D eigenvalue weighted by atomic mass is 16.5. The van der Waals surface area contributed by atoms with Crippen molar-refractivity contribution in [2.24, 2.45) is 5.73 Å². The van der Waals surface area contributed by atoms with Crippen LogP contribution in [0.1, 0.15) is 16.1 Å². The zero-order valence-electron chi connectivity index (χ0n) is 10.1. The van der Waals surface area contributed by atoms with Gasteiger partial charge in [-0.2, -0.15) is 0 Å². The normalized spacial score (nSPS) is 18.6. The summed E-state index contributed by atoms with van der Waals surface area (Å²) >= 11 is 0. The van der Waals surface area contributed by atoms with Crippen molar-refractivity contribution < 1.29 is 9.53 Å². The number of carbonyl (C=O) groups excluding carboxylic acids is 1. The molecule has 0 aliphatic carbocycles. The van der Waals surface area contributed by atoms with Crippen molar-refractivity contribution in [3.63, 3.8) is 0 Å². The first kappa shape index (κ1) is 11.1. The molecule has 18 heavy (non-hydrogen) atoms. The predicted octanol–water partition coefficient (Wildman–Crippen LogP) is 0.790. The Morgan fingerprint density at radius 2 is 2.33 bits per heavy atom. The molecular formula is C13H15N3O2. The molecule has 0 saturated heterocycles. The van der Waals surface area contributed by atoms with Gasteiger partial charge in [0, 0.05) is 23.5 Å². The van der Waals surface area contributed by atoms with Gasteiger partial charge in [0.05, 0.1) is 7.11 Å². The fourth-order valence-corrected chi connectivity index (χ4v) is 2.46. The summed E-state index contributed by atoms with van der Waals surface area (Å²) in [6.45, 7) is 0.446. The fraction of sp³-hybridized carbons (Fsp3) is 0.308. The van der Waals surface area contributed by atoms with Crippen molar-refractivity contribution >= 4 is 16.8 Å². The maximum Gasteiger partial charge on any atom is 0.268 e. The second-order valence-corrected chi connectivity index (χ2v) is 4.50. The van der Waals surface area contributed by atoms with Crippen molar-refractivity contribution in [1.29, 1.82) is 0 Å². The van der Waals surface area contributed by atoms with E-state index in [4.69, 9.17) is 10.5 Å². The van der Waals surface area contributed by atoms with Gasteiger partial charge in [0.2, 0.25) is 0 Å². The maximum atomic E-state index is 11.9. The summed E-state index contributed by atoms with van der Waals surface area (Å²) in [5.74, 6) is 0.710. The molecule has 1 aliphatic heterocycles. The summed E-state index contributed by atoms with van der Waals surface area (Å²) in [4.78, 5) is 15.1. The maximum absolute atomic E-state index is 11.9. The first-order valence-corrected chi connectivity index (χ1v) is 5.92. The van der Waals surface area contributed by atoms with Crippen LogP contribution in [0.2, 0.25) is 0 Å². The Hall–Kier alpha value is -2.01. The van der Waals surface area contributed by atoms with E-state index in [-0.39, 0.29) is 11.9 Å². The number of benzene rings is 1. The third-order valence-corrected chi connectivity index (χ3v) is 3.41. The van der Waals surface area contributed by atoms with Crippen LogP contribution in [0, 0.1) is 0 Å². The molecular weight excluding hydrogens is 230 g/mol. The Labute approximate surface area is 104 Å². The number of rotatable bonds is 2. The molecule has 1 aromatic carbocycles. The van der Waals surface area contributed by atoms with Gasteiger partial charge in [-0.3, -0.25) is 4.79 Å². The molecule has 94 valence electrons. The number of hydrogen-bond acceptors (Lipinski definition) is 3. The Morgan fingerprint density at radius 3 is 3.06 bits per heavy atom. The van der Waals surface area contributed by atoms with E-state index >= 15 is 0 Å². The van der Waals surface area contributed by atoms with Crippen LogP contribution in [0.25, 0.3) is 10.9 Å². The molecule has 2 aromatic rings. The minimum absolute atomic E-state index is 0.00945. The molecule has 3 rings (SSSR count). The van der Waals surface area contributed by atoms with Crippen molar-refractivity contribution in [1.82, 2.24) is 10.3 Å². The van der Waals surface area contributed by atoms with E-state index in [9.17, 15) is 4.79 Å². The predicted molar refractivity (Wildman–Crippen MR) is 68.9 cm³/mol. The zero-order valence-corrected chi connectivity index (χ0v) is 10.1. The number of hydrogen-bond donors (Lipinski definition) is 3. The second-order valence-electron chi connectivity index (χ2n) is 4.50. The van der Waals surface area contributed by atoms with Crippen molar-refractivity contribution in [3.05, 3.63) is 29.5 Å². The van der Waals surface area contributed by atoms with Gasteiger partial charge in [0.15, 0.2) is 0 Å². The van der Waals surface area contributed by atoms with Crippen LogP contribution < -0.4 is 15.8 Å². The Kier molecular flexibility index (Phi) is 2.48. The number of H-pyrrole nitrogens is 1. The monoisotopic (exact) mass is 245 g/mol. The fourth-order valence-electron chi connectivity index (χ4n) is 2.46. The summed E-state index contributed by atoms with van der Waals surface area (Å²) in [6, 6.07) is 5.77. The molecule has 1 aromatic heterocycles. The number of fused-ring (bicyclic) bond motifs is 3. The van der Waals surface area contributed by atoms with Crippen LogP contribution in [0.3, 0.4) is 0 Å². The molecule has 0 fully saturated rings. The molecule has 0 radical (unpaired) electrons. The number of carbonyl (C=O) groups is 1. The Bertz CT molecular complexity index is 618. The van der Waals surface area contributed by atoms with Crippen LogP contribution >= 0.6 is 0 Å². The first-order chi connectivity index (χ1) is 8.72. The van der Waals surface area contributed by atoms with Crippen molar-refractivity contribution in [2.45, 2.75) is 12.5 Å². The number of methoxy groups -OCH3 is 1. The van der Waals surface area contributed by atoms with E-state index in [0.29, 0.717) is 12.2 Å². The van der Waals surface area contributed by atoms with Crippen LogP contribution in [0.15, 0.2) is 18.2 Å². The molecule has 0 spiro atoms. The molecule has 0 bridgehead atoms. The van der Waals surface area contributed by atoms with Gasteiger partial charge >= 0.3 is 0 Å². The van der Waals surface area contributed by atoms with Crippen LogP contribution in [-0.4, -0.2) is 30.6 Å². The largest absolute Gasteiger partial charge is 0.497 e. The molecule has 5 heteroatoms. The van der Waals surface area contributed by atoms with E-state index in [1.54, 1.807) is 7.11 Å². The SMILES string of the molecule is COc1ccc2[nH]c3c(c2c1)CC(CN)NC3=O. The third-order valence-electron chi connectivity index (χ3n) is 3.41. The zero-order chi connectivity index (χ0) is 12.7. The summed E-state index contributed by atoms with van der Waals surface area (Å²) in [5, 5.41) is 3.92. The van der Waals surface area contributed by atoms with Gasteiger partial charge in [0.1, 0.15) is 11.4 Å². The third kappa shape index (κ3) is 1.55. The molecule has 4 N–H and O–H groups in total. The lowest BCUT2D eigenvalue weighted by molar-refractivity contribution is 0.0922. The highest BCUT2D eigenvalue weighted by Crippen LogP contribution is 2.29. The highest BCUT2D eigenvalue weighted by Gasteiger charge is 2.27. The molecule has 5 nitrogen and oxygen atoms in total. The van der Waals surface area contributed by atoms with Gasteiger partial charge in [0.25, 0.3) is 5.91 Å². The Balaban J connectivity index is 2.19. The summed E-state index contributed by atoms with van der Waals surface area (Å²) < 4.78 is 5.22. The minimum Gasteiger partial charge on any atom is -0.497 e. The van der Waals surface area contributed by atoms with Crippen LogP contribution in [-0.2, 0) is 6.42 Å². The molecule has 1 unspecified atom stereocenters. The lowest BCUT2D eigenvalue weighted by Gasteiger charge is -2.22. The number of aromatic nitrogens is 1. The number of ether oxygens (including phenoxy) is 1. The molecule has 1 amide bonds. The van der Waals surface area contributed by atoms with Crippen LogP contribution in [0.5, 0.6) is 5.75 Å². The van der Waals surface area contributed by atoms with E-state index in [1.165, 1.54) is 0 Å². The Morgan fingerprint density at radius 1 is 1.50 bits per heavy atom. The second kappa shape index (κ2) is 4.03. The number of nitrogens with one attached hydrogen (secondary N) is 2. The summed E-state index contributed by atoms with van der Waals surface area (Å²) in [7, 11) is 1.63. The van der Waals surface area contributed by atoms with E-state index in [1.807, 2.05) is 18.2 Å². The lowest BCUT2D eigenvalue weighted by atomic mass is 9.98. The number of aromatic amines is 1. The minimum atomic E-state index is -0.0816. The average molecular weight is 245 g/mol. The van der Waals surface area contributed by atoms with E-state index in [2.05, 4.69) is 10.3 Å². The van der Waals surface area contributed by atoms with Gasteiger partial charge < -0.3 is 20.8 Å². The summed E-state index contributed by atoms with van der Waals surface area (Å²) in [5.41, 5.74) is 8.27. The molecule has 1 aliphatic rings. The molecule has 1 atom stereocenters. The quantitative estimate of drug-likeness (QED) is 0.731. The average Bonchev–Trinajstić information content (AvgIpc) is 2.77. The smallest absolute Gasteiger partial charge is 0.268 e.